The molecule has 1 heterocycles. The normalized spacial score (nSPS) is 20.9. The second kappa shape index (κ2) is 5.21. The van der Waals surface area contributed by atoms with Gasteiger partial charge in [-0.3, -0.25) is 0 Å². The number of piperidine rings is 1. The van der Waals surface area contributed by atoms with Crippen molar-refractivity contribution in [2.45, 2.75) is 32.6 Å². The van der Waals surface area contributed by atoms with Gasteiger partial charge in [-0.05, 0) is 26.2 Å². The molecule has 1 fully saturated rings. The molecule has 0 spiro atoms. The molecule has 1 saturated heterocycles. The Labute approximate surface area is 80.4 Å². The van der Waals surface area contributed by atoms with Crippen molar-refractivity contribution >= 4 is 0 Å². The Balaban J connectivity index is 2.46. The Bertz CT molecular complexity index is 174. The van der Waals surface area contributed by atoms with E-state index in [0.717, 1.165) is 30.9 Å². The van der Waals surface area contributed by atoms with Crippen LogP contribution in [0.5, 0.6) is 0 Å². The lowest BCUT2D eigenvalue weighted by Gasteiger charge is -2.37. The Kier molecular flexibility index (Phi) is 4.20. The van der Waals surface area contributed by atoms with Gasteiger partial charge in [0.1, 0.15) is 26.2 Å². The minimum absolute atomic E-state index is 0.611. The fraction of sp³-hybridized carbons (Fsp3) is 0.900. The zero-order valence-corrected chi connectivity index (χ0v) is 8.46. The van der Waals surface area contributed by atoms with Crippen molar-refractivity contribution in [3.05, 3.63) is 0 Å². The van der Waals surface area contributed by atoms with Crippen molar-refractivity contribution < 1.29 is 9.48 Å². The van der Waals surface area contributed by atoms with Gasteiger partial charge in [0, 0.05) is 0 Å². The smallest absolute Gasteiger partial charge is 0.122 e. The summed E-state index contributed by atoms with van der Waals surface area (Å²) < 4.78 is 0.726. The molecule has 3 heteroatoms. The summed E-state index contributed by atoms with van der Waals surface area (Å²) in [6, 6.07) is 2.20. The molecule has 0 amide bonds. The van der Waals surface area contributed by atoms with E-state index in [0.29, 0.717) is 6.42 Å². The molecule has 0 aliphatic carbocycles. The van der Waals surface area contributed by atoms with Crippen LogP contribution in [0.25, 0.3) is 0 Å². The molecule has 1 rings (SSSR count). The molecule has 0 bridgehead atoms. The van der Waals surface area contributed by atoms with Crippen LogP contribution in [0.2, 0.25) is 0 Å². The van der Waals surface area contributed by atoms with Crippen LogP contribution < -0.4 is 0 Å². The number of likely N-dealkylation sites (tertiary alicyclic amines) is 1. The van der Waals surface area contributed by atoms with Crippen LogP contribution >= 0.6 is 0 Å². The van der Waals surface area contributed by atoms with E-state index in [1.54, 1.807) is 0 Å². The third-order valence-corrected chi connectivity index (χ3v) is 2.67. The van der Waals surface area contributed by atoms with Gasteiger partial charge in [-0.25, -0.2) is 4.84 Å². The van der Waals surface area contributed by atoms with Gasteiger partial charge in [0.05, 0.1) is 12.5 Å². The van der Waals surface area contributed by atoms with Gasteiger partial charge in [0.2, 0.25) is 0 Å². The summed E-state index contributed by atoms with van der Waals surface area (Å²) >= 11 is 0. The van der Waals surface area contributed by atoms with Gasteiger partial charge in [-0.15, -0.1) is 0 Å². The second-order valence-corrected chi connectivity index (χ2v) is 3.62. The highest BCUT2D eigenvalue weighted by atomic mass is 16.7. The quantitative estimate of drug-likeness (QED) is 0.623. The zero-order valence-electron chi connectivity index (χ0n) is 8.46. The molecule has 74 valence electrons. The first-order valence-corrected chi connectivity index (χ1v) is 5.20. The van der Waals surface area contributed by atoms with Crippen LogP contribution in [0.1, 0.15) is 32.6 Å². The van der Waals surface area contributed by atoms with Gasteiger partial charge in [-0.1, -0.05) is 0 Å². The average molecular weight is 183 g/mol. The van der Waals surface area contributed by atoms with Crippen molar-refractivity contribution in [1.82, 2.24) is 0 Å². The van der Waals surface area contributed by atoms with E-state index in [2.05, 4.69) is 6.07 Å². The molecular formula is C10H19N2O+. The van der Waals surface area contributed by atoms with E-state index < -0.39 is 0 Å². The van der Waals surface area contributed by atoms with Crippen molar-refractivity contribution in [3.8, 4) is 6.07 Å². The number of rotatable bonds is 4. The molecule has 0 aromatic rings. The second-order valence-electron chi connectivity index (χ2n) is 3.62. The van der Waals surface area contributed by atoms with Gasteiger partial charge in [-0.2, -0.15) is 9.91 Å². The summed E-state index contributed by atoms with van der Waals surface area (Å²) in [5.41, 5.74) is 0. The van der Waals surface area contributed by atoms with Gasteiger partial charge < -0.3 is 0 Å². The standard InChI is InChI=1S/C10H19N2O/c1-2-13-12(10-6-7-11)8-4-3-5-9-12/h2-6,8-10H2,1H3/q+1. The van der Waals surface area contributed by atoms with E-state index in [-0.39, 0.29) is 0 Å². The van der Waals surface area contributed by atoms with Crippen LogP contribution in [0.3, 0.4) is 0 Å². The van der Waals surface area contributed by atoms with Crippen LogP contribution in [-0.4, -0.2) is 30.9 Å². The Morgan fingerprint density at radius 1 is 1.31 bits per heavy atom. The van der Waals surface area contributed by atoms with E-state index >= 15 is 0 Å². The number of hydrogen-bond acceptors (Lipinski definition) is 2. The summed E-state index contributed by atoms with van der Waals surface area (Å²) in [6.07, 6.45) is 4.41. The molecule has 1 aliphatic rings. The minimum Gasteiger partial charge on any atom is -0.203 e. The first kappa shape index (κ1) is 10.5. The Hall–Kier alpha value is -0.590. The summed E-state index contributed by atoms with van der Waals surface area (Å²) in [6.45, 7) is 5.84. The van der Waals surface area contributed by atoms with Gasteiger partial charge in [0.15, 0.2) is 0 Å². The topological polar surface area (TPSA) is 33.0 Å². The summed E-state index contributed by atoms with van der Waals surface area (Å²) in [4.78, 5) is 5.76. The summed E-state index contributed by atoms with van der Waals surface area (Å²) in [5, 5.41) is 8.56. The van der Waals surface area contributed by atoms with Crippen LogP contribution in [0, 0.1) is 11.3 Å². The van der Waals surface area contributed by atoms with Crippen molar-refractivity contribution in [1.29, 1.82) is 5.26 Å². The monoisotopic (exact) mass is 183 g/mol. The molecule has 1 aliphatic heterocycles. The highest BCUT2D eigenvalue weighted by Gasteiger charge is 2.31. The lowest BCUT2D eigenvalue weighted by molar-refractivity contribution is -1.11. The molecular weight excluding hydrogens is 164 g/mol. The maximum atomic E-state index is 8.56. The maximum absolute atomic E-state index is 8.56. The summed E-state index contributed by atoms with van der Waals surface area (Å²) in [7, 11) is 0. The molecule has 13 heavy (non-hydrogen) atoms. The zero-order chi connectivity index (χ0) is 9.57. The molecule has 0 N–H and O–H groups in total. The van der Waals surface area contributed by atoms with Gasteiger partial charge in [0.25, 0.3) is 0 Å². The predicted molar refractivity (Wildman–Crippen MR) is 50.6 cm³/mol. The van der Waals surface area contributed by atoms with Crippen LogP contribution in [0.15, 0.2) is 0 Å². The van der Waals surface area contributed by atoms with Crippen LogP contribution in [0.4, 0.5) is 0 Å². The molecule has 0 unspecified atom stereocenters. The molecule has 0 radical (unpaired) electrons. The maximum Gasteiger partial charge on any atom is 0.122 e. The summed E-state index contributed by atoms with van der Waals surface area (Å²) in [5.74, 6) is 0. The van der Waals surface area contributed by atoms with Crippen LogP contribution in [-0.2, 0) is 4.84 Å². The fourth-order valence-electron chi connectivity index (χ4n) is 2.03. The first-order valence-electron chi connectivity index (χ1n) is 5.20. The lowest BCUT2D eigenvalue weighted by atomic mass is 10.1. The number of hydroxylamine groups is 3. The third kappa shape index (κ3) is 2.98. The molecule has 0 saturated carbocycles. The lowest BCUT2D eigenvalue weighted by Crippen LogP contribution is -2.51. The Morgan fingerprint density at radius 3 is 2.54 bits per heavy atom. The first-order chi connectivity index (χ1) is 6.33. The SMILES string of the molecule is CCO[N+]1(CCC#N)CCCCC1. The highest BCUT2D eigenvalue weighted by Crippen LogP contribution is 2.19. The van der Waals surface area contributed by atoms with E-state index in [1.165, 1.54) is 19.3 Å². The van der Waals surface area contributed by atoms with Crippen molar-refractivity contribution in [2.24, 2.45) is 0 Å². The predicted octanol–water partition coefficient (Wildman–Crippen LogP) is 1.85. The molecule has 0 aromatic carbocycles. The van der Waals surface area contributed by atoms with Crippen molar-refractivity contribution in [3.63, 3.8) is 0 Å². The largest absolute Gasteiger partial charge is 0.203 e. The molecule has 3 nitrogen and oxygen atoms in total. The fourth-order valence-corrected chi connectivity index (χ4v) is 2.03. The van der Waals surface area contributed by atoms with E-state index in [4.69, 9.17) is 10.1 Å². The number of quaternary nitrogens is 1. The number of hydrogen-bond donors (Lipinski definition) is 0. The highest BCUT2D eigenvalue weighted by molar-refractivity contribution is 4.68. The van der Waals surface area contributed by atoms with E-state index in [1.807, 2.05) is 6.92 Å². The average Bonchev–Trinajstić information content (AvgIpc) is 2.17. The van der Waals surface area contributed by atoms with Gasteiger partial charge >= 0.3 is 0 Å². The van der Waals surface area contributed by atoms with E-state index in [9.17, 15) is 0 Å². The molecule has 0 atom stereocenters. The minimum atomic E-state index is 0.611. The Morgan fingerprint density at radius 2 is 2.00 bits per heavy atom. The number of nitriles is 1. The number of nitrogens with zero attached hydrogens (tertiary/aromatic N) is 2. The molecule has 0 aromatic heterocycles. The third-order valence-electron chi connectivity index (χ3n) is 2.67. The van der Waals surface area contributed by atoms with Crippen molar-refractivity contribution in [2.75, 3.05) is 26.2 Å².